The predicted octanol–water partition coefficient (Wildman–Crippen LogP) is 4.46. The number of benzene rings is 2. The molecule has 3 rings (SSSR count). The Morgan fingerprint density at radius 2 is 1.87 bits per heavy atom. The van der Waals surface area contributed by atoms with Crippen LogP contribution in [-0.4, -0.2) is 36.6 Å². The van der Waals surface area contributed by atoms with Gasteiger partial charge in [-0.2, -0.15) is 13.2 Å². The summed E-state index contributed by atoms with van der Waals surface area (Å²) >= 11 is 11.7. The van der Waals surface area contributed by atoms with E-state index in [1.807, 2.05) is 0 Å². The van der Waals surface area contributed by atoms with E-state index in [1.165, 1.54) is 42.5 Å². The number of hydrogen-bond donors (Lipinski definition) is 1. The van der Waals surface area contributed by atoms with Gasteiger partial charge < -0.3 is 10.1 Å². The second kappa shape index (κ2) is 8.53. The van der Waals surface area contributed by atoms with Crippen molar-refractivity contribution in [2.75, 3.05) is 16.8 Å². The number of para-hydroxylation sites is 2. The summed E-state index contributed by atoms with van der Waals surface area (Å²) in [6.45, 7) is -1.00. The zero-order chi connectivity index (χ0) is 22.1. The molecule has 0 radical (unpaired) electrons. The lowest BCUT2D eigenvalue weighted by atomic mass is 10.1. The van der Waals surface area contributed by atoms with Gasteiger partial charge in [0.2, 0.25) is 5.91 Å². The number of hydrogen-bond acceptors (Lipinski definition) is 4. The molecule has 2 aromatic carbocycles. The first-order chi connectivity index (χ1) is 14.1. The molecule has 1 aliphatic rings. The molecule has 0 bridgehead atoms. The minimum atomic E-state index is -4.90. The molecule has 1 heterocycles. The van der Waals surface area contributed by atoms with Crippen molar-refractivity contribution in [3.05, 3.63) is 58.1 Å². The van der Waals surface area contributed by atoms with Crippen molar-refractivity contribution in [1.82, 2.24) is 0 Å². The van der Waals surface area contributed by atoms with Gasteiger partial charge in [0.15, 0.2) is 6.61 Å². The lowest BCUT2D eigenvalue weighted by Gasteiger charge is -2.31. The van der Waals surface area contributed by atoms with Crippen molar-refractivity contribution in [2.24, 2.45) is 0 Å². The zero-order valence-corrected chi connectivity index (χ0v) is 16.5. The molecule has 1 N–H and O–H groups in total. The molecular formula is C19H13Cl2F3N2O4. The van der Waals surface area contributed by atoms with Crippen molar-refractivity contribution >= 4 is 52.4 Å². The van der Waals surface area contributed by atoms with E-state index >= 15 is 0 Å². The second-order valence-electron chi connectivity index (χ2n) is 6.29. The fourth-order valence-corrected chi connectivity index (χ4v) is 3.29. The van der Waals surface area contributed by atoms with Gasteiger partial charge in [-0.15, -0.1) is 0 Å². The summed E-state index contributed by atoms with van der Waals surface area (Å²) in [5.74, 6) is -3.09. The molecule has 2 amide bonds. The van der Waals surface area contributed by atoms with Crippen LogP contribution in [0.3, 0.4) is 0 Å². The SMILES string of the molecule is O=C1CC(C(F)(F)F)N(C(=O)COC(=O)c2cc(Cl)ccc2Cl)c2ccccc2N1. The lowest BCUT2D eigenvalue weighted by Crippen LogP contribution is -2.51. The molecule has 2 aromatic rings. The van der Waals surface area contributed by atoms with Crippen LogP contribution in [0, 0.1) is 0 Å². The average molecular weight is 461 g/mol. The highest BCUT2D eigenvalue weighted by Crippen LogP contribution is 2.37. The number of nitrogens with one attached hydrogen (secondary N) is 1. The van der Waals surface area contributed by atoms with Crippen molar-refractivity contribution < 1.29 is 32.3 Å². The minimum Gasteiger partial charge on any atom is -0.452 e. The first-order valence-electron chi connectivity index (χ1n) is 8.47. The molecule has 158 valence electrons. The van der Waals surface area contributed by atoms with Crippen LogP contribution in [0.2, 0.25) is 10.0 Å². The maximum atomic E-state index is 13.6. The third-order valence-corrected chi connectivity index (χ3v) is 4.81. The van der Waals surface area contributed by atoms with Crippen LogP contribution in [0.5, 0.6) is 0 Å². The van der Waals surface area contributed by atoms with E-state index in [-0.39, 0.29) is 27.0 Å². The van der Waals surface area contributed by atoms with E-state index < -0.39 is 43.0 Å². The second-order valence-corrected chi connectivity index (χ2v) is 7.13. The fraction of sp³-hybridized carbons (Fsp3) is 0.211. The van der Waals surface area contributed by atoms with Gasteiger partial charge in [-0.05, 0) is 30.3 Å². The molecule has 0 aliphatic carbocycles. The number of nitrogens with zero attached hydrogens (tertiary/aromatic N) is 1. The van der Waals surface area contributed by atoms with Gasteiger partial charge in [-0.3, -0.25) is 14.5 Å². The van der Waals surface area contributed by atoms with Gasteiger partial charge >= 0.3 is 12.1 Å². The summed E-state index contributed by atoms with van der Waals surface area (Å²) in [5, 5.41) is 2.52. The average Bonchev–Trinajstić information content (AvgIpc) is 2.83. The number of alkyl halides is 3. The highest BCUT2D eigenvalue weighted by molar-refractivity contribution is 6.35. The van der Waals surface area contributed by atoms with Gasteiger partial charge in [0.25, 0.3) is 5.91 Å². The normalized spacial score (nSPS) is 16.4. The minimum absolute atomic E-state index is 0.0000631. The van der Waals surface area contributed by atoms with Gasteiger partial charge in [-0.1, -0.05) is 35.3 Å². The Bertz CT molecular complexity index is 1010. The predicted molar refractivity (Wildman–Crippen MR) is 104 cm³/mol. The van der Waals surface area contributed by atoms with E-state index in [2.05, 4.69) is 5.32 Å². The van der Waals surface area contributed by atoms with Crippen LogP contribution in [-0.2, 0) is 14.3 Å². The largest absolute Gasteiger partial charge is 0.452 e. The summed E-state index contributed by atoms with van der Waals surface area (Å²) in [6, 6.07) is 7.08. The third-order valence-electron chi connectivity index (χ3n) is 4.25. The Balaban J connectivity index is 1.88. The van der Waals surface area contributed by atoms with E-state index in [0.717, 1.165) is 0 Å². The first-order valence-corrected chi connectivity index (χ1v) is 9.23. The van der Waals surface area contributed by atoms with E-state index in [0.29, 0.717) is 4.90 Å². The van der Waals surface area contributed by atoms with Crippen LogP contribution in [0.25, 0.3) is 0 Å². The van der Waals surface area contributed by atoms with Gasteiger partial charge in [-0.25, -0.2) is 4.79 Å². The van der Waals surface area contributed by atoms with Gasteiger partial charge in [0.1, 0.15) is 6.04 Å². The van der Waals surface area contributed by atoms with E-state index in [1.54, 1.807) is 0 Å². The zero-order valence-electron chi connectivity index (χ0n) is 15.0. The van der Waals surface area contributed by atoms with Crippen LogP contribution in [0.15, 0.2) is 42.5 Å². The van der Waals surface area contributed by atoms with Crippen molar-refractivity contribution in [3.8, 4) is 0 Å². The first kappa shape index (κ1) is 21.9. The summed E-state index contributed by atoms with van der Waals surface area (Å²) in [6.07, 6.45) is -5.90. The number of esters is 1. The Morgan fingerprint density at radius 1 is 1.17 bits per heavy atom. The molecule has 1 atom stereocenters. The standard InChI is InChI=1S/C19H13Cl2F3N2O4/c20-10-5-6-12(21)11(7-10)18(29)30-9-17(28)26-14-4-2-1-3-13(14)25-16(27)8-15(26)19(22,23)24/h1-7,15H,8-9H2,(H,25,27). The summed E-state index contributed by atoms with van der Waals surface area (Å²) < 4.78 is 45.8. The maximum Gasteiger partial charge on any atom is 0.409 e. The molecule has 0 spiro atoms. The molecule has 0 aromatic heterocycles. The fourth-order valence-electron chi connectivity index (χ4n) is 2.92. The Kier molecular flexibility index (Phi) is 6.23. The highest BCUT2D eigenvalue weighted by Gasteiger charge is 2.49. The molecule has 0 fully saturated rings. The highest BCUT2D eigenvalue weighted by atomic mass is 35.5. The van der Waals surface area contributed by atoms with Crippen LogP contribution < -0.4 is 10.2 Å². The molecule has 30 heavy (non-hydrogen) atoms. The molecule has 1 aliphatic heterocycles. The van der Waals surface area contributed by atoms with Crippen LogP contribution >= 0.6 is 23.2 Å². The molecular weight excluding hydrogens is 448 g/mol. The number of anilines is 2. The number of carbonyl (C=O) groups excluding carboxylic acids is 3. The molecule has 6 nitrogen and oxygen atoms in total. The van der Waals surface area contributed by atoms with Crippen LogP contribution in [0.1, 0.15) is 16.8 Å². The Morgan fingerprint density at radius 3 is 2.57 bits per heavy atom. The number of fused-ring (bicyclic) bond motifs is 1. The number of amides is 2. The lowest BCUT2D eigenvalue weighted by molar-refractivity contribution is -0.158. The molecule has 0 saturated heterocycles. The molecule has 1 unspecified atom stereocenters. The third kappa shape index (κ3) is 4.68. The molecule has 11 heteroatoms. The smallest absolute Gasteiger partial charge is 0.409 e. The van der Waals surface area contributed by atoms with Gasteiger partial charge in [0.05, 0.1) is 28.4 Å². The van der Waals surface area contributed by atoms with Crippen molar-refractivity contribution in [2.45, 2.75) is 18.6 Å². The quantitative estimate of drug-likeness (QED) is 0.686. The number of halogens is 5. The summed E-state index contributed by atoms with van der Waals surface area (Å²) in [7, 11) is 0. The topological polar surface area (TPSA) is 75.7 Å². The number of rotatable bonds is 3. The number of carbonyl (C=O) groups is 3. The van der Waals surface area contributed by atoms with Crippen LogP contribution in [0.4, 0.5) is 24.5 Å². The summed E-state index contributed by atoms with van der Waals surface area (Å²) in [5.41, 5.74) is -0.267. The van der Waals surface area contributed by atoms with E-state index in [9.17, 15) is 27.6 Å². The van der Waals surface area contributed by atoms with Gasteiger partial charge in [0, 0.05) is 5.02 Å². The maximum absolute atomic E-state index is 13.6. The Labute approximate surface area is 178 Å². The Hall–Kier alpha value is -2.78. The monoisotopic (exact) mass is 460 g/mol. The van der Waals surface area contributed by atoms with E-state index in [4.69, 9.17) is 27.9 Å². The number of ether oxygens (including phenoxy) is 1. The summed E-state index contributed by atoms with van der Waals surface area (Å²) in [4.78, 5) is 37.3. The molecule has 0 saturated carbocycles. The van der Waals surface area contributed by atoms with Crippen molar-refractivity contribution in [3.63, 3.8) is 0 Å². The van der Waals surface area contributed by atoms with Crippen molar-refractivity contribution in [1.29, 1.82) is 0 Å².